The van der Waals surface area contributed by atoms with E-state index >= 15 is 0 Å². The first-order valence-electron chi connectivity index (χ1n) is 6.34. The highest BCUT2D eigenvalue weighted by Crippen LogP contribution is 2.37. The molecule has 1 aromatic rings. The molecule has 86 valence electrons. The van der Waals surface area contributed by atoms with E-state index in [4.69, 9.17) is 5.73 Å². The van der Waals surface area contributed by atoms with Crippen LogP contribution in [0.1, 0.15) is 24.8 Å². The molecule has 2 bridgehead atoms. The van der Waals surface area contributed by atoms with Gasteiger partial charge >= 0.3 is 0 Å². The maximum atomic E-state index is 6.60. The second-order valence-corrected chi connectivity index (χ2v) is 5.40. The molecular weight excluding hydrogens is 196 g/mol. The minimum absolute atomic E-state index is 0.0669. The molecule has 3 aliphatic heterocycles. The minimum atomic E-state index is -0.0669. The Bertz CT molecular complexity index is 354. The van der Waals surface area contributed by atoms with Crippen LogP contribution in [0.3, 0.4) is 0 Å². The monoisotopic (exact) mass is 216 g/mol. The lowest BCUT2D eigenvalue weighted by atomic mass is 9.77. The number of nitrogens with two attached hydrogens (primary N) is 1. The van der Waals surface area contributed by atoms with E-state index in [9.17, 15) is 0 Å². The van der Waals surface area contributed by atoms with Crippen molar-refractivity contribution in [3.05, 3.63) is 35.9 Å². The number of rotatable bonds is 2. The van der Waals surface area contributed by atoms with Gasteiger partial charge in [-0.3, -0.25) is 4.90 Å². The van der Waals surface area contributed by atoms with Crippen LogP contribution in [-0.4, -0.2) is 23.7 Å². The minimum Gasteiger partial charge on any atom is -0.313 e. The quantitative estimate of drug-likeness (QED) is 0.819. The maximum Gasteiger partial charge on any atom is 0.0731 e. The van der Waals surface area contributed by atoms with Crippen LogP contribution in [0.5, 0.6) is 0 Å². The summed E-state index contributed by atoms with van der Waals surface area (Å²) in [6.07, 6.45) is 4.90. The third kappa shape index (κ3) is 1.76. The Labute approximate surface area is 97.4 Å². The van der Waals surface area contributed by atoms with Gasteiger partial charge in [-0.15, -0.1) is 0 Å². The lowest BCUT2D eigenvalue weighted by molar-refractivity contribution is -0.0256. The summed E-state index contributed by atoms with van der Waals surface area (Å²) >= 11 is 0. The first-order chi connectivity index (χ1) is 7.76. The van der Waals surface area contributed by atoms with Gasteiger partial charge in [0.2, 0.25) is 0 Å². The predicted octanol–water partition coefficient (Wildman–Crippen LogP) is 2.00. The Kier molecular flexibility index (Phi) is 2.49. The fourth-order valence-electron chi connectivity index (χ4n) is 3.34. The summed E-state index contributed by atoms with van der Waals surface area (Å²) < 4.78 is 0. The van der Waals surface area contributed by atoms with Gasteiger partial charge in [-0.05, 0) is 30.7 Å². The second-order valence-electron chi connectivity index (χ2n) is 5.40. The molecule has 0 spiro atoms. The topological polar surface area (TPSA) is 29.3 Å². The number of nitrogens with zero attached hydrogens (tertiary/aromatic N) is 1. The van der Waals surface area contributed by atoms with Gasteiger partial charge in [0.15, 0.2) is 0 Å². The van der Waals surface area contributed by atoms with Crippen LogP contribution in [0.4, 0.5) is 0 Å². The van der Waals surface area contributed by atoms with Gasteiger partial charge in [0.1, 0.15) is 0 Å². The molecule has 1 atom stereocenters. The number of benzene rings is 1. The van der Waals surface area contributed by atoms with Gasteiger partial charge in [0.25, 0.3) is 0 Å². The molecule has 0 saturated carbocycles. The SMILES string of the molecule is NC1(Cc2ccccc2)CC2CCN1CC2. The molecule has 3 saturated heterocycles. The van der Waals surface area contributed by atoms with E-state index in [2.05, 4.69) is 35.2 Å². The largest absolute Gasteiger partial charge is 0.313 e. The average molecular weight is 216 g/mol. The highest BCUT2D eigenvalue weighted by molar-refractivity contribution is 5.18. The van der Waals surface area contributed by atoms with Crippen molar-refractivity contribution in [2.24, 2.45) is 11.7 Å². The first-order valence-corrected chi connectivity index (χ1v) is 6.34. The van der Waals surface area contributed by atoms with E-state index < -0.39 is 0 Å². The highest BCUT2D eigenvalue weighted by atomic mass is 15.3. The Morgan fingerprint density at radius 3 is 2.44 bits per heavy atom. The molecule has 3 aliphatic rings. The summed E-state index contributed by atoms with van der Waals surface area (Å²) in [5, 5.41) is 0. The highest BCUT2D eigenvalue weighted by Gasteiger charge is 2.42. The first kappa shape index (κ1) is 10.3. The summed E-state index contributed by atoms with van der Waals surface area (Å²) in [7, 11) is 0. The third-order valence-corrected chi connectivity index (χ3v) is 4.24. The summed E-state index contributed by atoms with van der Waals surface area (Å²) in [5.74, 6) is 0.874. The smallest absolute Gasteiger partial charge is 0.0731 e. The maximum absolute atomic E-state index is 6.60. The van der Waals surface area contributed by atoms with Crippen molar-refractivity contribution in [2.45, 2.75) is 31.3 Å². The Morgan fingerprint density at radius 2 is 1.88 bits per heavy atom. The van der Waals surface area contributed by atoms with Crippen molar-refractivity contribution in [3.63, 3.8) is 0 Å². The van der Waals surface area contributed by atoms with E-state index in [-0.39, 0.29) is 5.66 Å². The number of piperidine rings is 3. The van der Waals surface area contributed by atoms with E-state index in [1.165, 1.54) is 37.9 Å². The molecule has 2 N–H and O–H groups in total. The van der Waals surface area contributed by atoms with Crippen molar-refractivity contribution in [1.82, 2.24) is 4.90 Å². The molecule has 0 aromatic heterocycles. The zero-order valence-electron chi connectivity index (χ0n) is 9.73. The van der Waals surface area contributed by atoms with Crippen molar-refractivity contribution >= 4 is 0 Å². The fraction of sp³-hybridized carbons (Fsp3) is 0.571. The summed E-state index contributed by atoms with van der Waals surface area (Å²) in [6.45, 7) is 2.40. The van der Waals surface area contributed by atoms with Crippen molar-refractivity contribution in [2.75, 3.05) is 13.1 Å². The van der Waals surface area contributed by atoms with Gasteiger partial charge < -0.3 is 5.73 Å². The number of hydrogen-bond acceptors (Lipinski definition) is 2. The average Bonchev–Trinajstić information content (AvgIpc) is 2.31. The molecule has 1 aromatic carbocycles. The van der Waals surface area contributed by atoms with Gasteiger partial charge in [-0.25, -0.2) is 0 Å². The van der Waals surface area contributed by atoms with Gasteiger partial charge in [0.05, 0.1) is 5.66 Å². The molecule has 1 unspecified atom stereocenters. The summed E-state index contributed by atoms with van der Waals surface area (Å²) in [5.41, 5.74) is 7.91. The molecule has 0 aliphatic carbocycles. The van der Waals surface area contributed by atoms with Crippen LogP contribution in [0.25, 0.3) is 0 Å². The molecule has 3 heterocycles. The van der Waals surface area contributed by atoms with Crippen LogP contribution < -0.4 is 5.73 Å². The fourth-order valence-corrected chi connectivity index (χ4v) is 3.34. The van der Waals surface area contributed by atoms with Crippen LogP contribution in [0.2, 0.25) is 0 Å². The summed E-state index contributed by atoms with van der Waals surface area (Å²) in [6, 6.07) is 10.7. The number of hydrogen-bond donors (Lipinski definition) is 1. The molecule has 0 radical (unpaired) electrons. The lowest BCUT2D eigenvalue weighted by Crippen LogP contribution is -2.64. The Morgan fingerprint density at radius 1 is 1.19 bits per heavy atom. The van der Waals surface area contributed by atoms with Gasteiger partial charge in [-0.2, -0.15) is 0 Å². The second kappa shape index (κ2) is 3.86. The van der Waals surface area contributed by atoms with Gasteiger partial charge in [0, 0.05) is 19.5 Å². The van der Waals surface area contributed by atoms with Crippen LogP contribution in [-0.2, 0) is 6.42 Å². The van der Waals surface area contributed by atoms with Crippen LogP contribution >= 0.6 is 0 Å². The molecule has 16 heavy (non-hydrogen) atoms. The van der Waals surface area contributed by atoms with Crippen molar-refractivity contribution < 1.29 is 0 Å². The van der Waals surface area contributed by atoms with Crippen molar-refractivity contribution in [3.8, 4) is 0 Å². The summed E-state index contributed by atoms with van der Waals surface area (Å²) in [4.78, 5) is 2.50. The zero-order valence-corrected chi connectivity index (χ0v) is 9.73. The van der Waals surface area contributed by atoms with Crippen LogP contribution in [0, 0.1) is 5.92 Å². The van der Waals surface area contributed by atoms with E-state index in [0.717, 1.165) is 12.3 Å². The van der Waals surface area contributed by atoms with E-state index in [1.807, 2.05) is 0 Å². The molecule has 2 heteroatoms. The third-order valence-electron chi connectivity index (χ3n) is 4.24. The Hall–Kier alpha value is -0.860. The Balaban J connectivity index is 1.79. The number of fused-ring (bicyclic) bond motifs is 3. The van der Waals surface area contributed by atoms with Gasteiger partial charge in [-0.1, -0.05) is 30.3 Å². The zero-order chi connectivity index (χ0) is 11.0. The van der Waals surface area contributed by atoms with E-state index in [1.54, 1.807) is 0 Å². The lowest BCUT2D eigenvalue weighted by Gasteiger charge is -2.52. The predicted molar refractivity (Wildman–Crippen MR) is 66.0 cm³/mol. The molecule has 2 nitrogen and oxygen atoms in total. The normalized spacial score (nSPS) is 37.6. The van der Waals surface area contributed by atoms with Crippen molar-refractivity contribution in [1.29, 1.82) is 0 Å². The van der Waals surface area contributed by atoms with E-state index in [0.29, 0.717) is 0 Å². The van der Waals surface area contributed by atoms with Crippen LogP contribution in [0.15, 0.2) is 30.3 Å². The standard InChI is InChI=1S/C14H20N2/c15-14(10-12-4-2-1-3-5-12)11-13-6-8-16(14)9-7-13/h1-5,13H,6-11,15H2. The molecule has 0 amide bonds. The molecular formula is C14H20N2. The molecule has 3 fully saturated rings. The molecule has 4 rings (SSSR count).